The average molecular weight is 283 g/mol. The molecule has 0 bridgehead atoms. The van der Waals surface area contributed by atoms with Crippen molar-refractivity contribution in [1.29, 1.82) is 0 Å². The zero-order chi connectivity index (χ0) is 14.8. The lowest BCUT2D eigenvalue weighted by Crippen LogP contribution is -2.05. The molecule has 2 aromatic heterocycles. The van der Waals surface area contributed by atoms with E-state index in [1.165, 1.54) is 0 Å². The molecule has 0 fully saturated rings. The Bertz CT molecular complexity index is 839. The Balaban J connectivity index is 2.24. The molecule has 0 spiro atoms. The van der Waals surface area contributed by atoms with Gasteiger partial charge in [-0.05, 0) is 24.6 Å². The van der Waals surface area contributed by atoms with Gasteiger partial charge in [-0.25, -0.2) is 9.31 Å². The molecule has 0 unspecified atom stereocenters. The molecule has 3 rings (SSSR count). The lowest BCUT2D eigenvalue weighted by molar-refractivity contribution is -0.107. The predicted molar refractivity (Wildman–Crippen MR) is 76.2 cm³/mol. The van der Waals surface area contributed by atoms with Gasteiger partial charge in [0.25, 0.3) is 0 Å². The molecule has 0 aliphatic carbocycles. The van der Waals surface area contributed by atoms with Crippen molar-refractivity contribution in [3.63, 3.8) is 0 Å². The van der Waals surface area contributed by atoms with E-state index in [0.29, 0.717) is 11.9 Å². The predicted octanol–water partition coefficient (Wildman–Crippen LogP) is 1.80. The summed E-state index contributed by atoms with van der Waals surface area (Å²) in [5, 5.41) is 8.85. The van der Waals surface area contributed by atoms with E-state index in [9.17, 15) is 9.59 Å². The number of rotatable bonds is 4. The third-order valence-corrected chi connectivity index (χ3v) is 3.29. The minimum atomic E-state index is -0.490. The van der Waals surface area contributed by atoms with E-state index >= 15 is 0 Å². The van der Waals surface area contributed by atoms with Crippen molar-refractivity contribution in [2.24, 2.45) is 0 Å². The van der Waals surface area contributed by atoms with E-state index in [0.717, 1.165) is 22.8 Å². The van der Waals surface area contributed by atoms with Crippen LogP contribution in [0.15, 0.2) is 30.3 Å². The number of benzene rings is 1. The number of aldehydes is 1. The maximum Gasteiger partial charge on any atom is 0.361 e. The van der Waals surface area contributed by atoms with Crippen molar-refractivity contribution in [1.82, 2.24) is 14.8 Å². The highest BCUT2D eigenvalue weighted by molar-refractivity contribution is 5.97. The summed E-state index contributed by atoms with van der Waals surface area (Å²) in [6, 6.07) is 9.26. The zero-order valence-corrected chi connectivity index (χ0v) is 11.4. The number of carbonyl (C=O) groups is 2. The number of esters is 1. The minimum Gasteiger partial charge on any atom is -0.461 e. The van der Waals surface area contributed by atoms with Crippen LogP contribution < -0.4 is 0 Å². The fraction of sp³-hybridized carbons (Fsp3) is 0.200. The number of carbonyl (C=O) groups excluding carboxylic acids is 2. The number of hydrogen-bond acceptors (Lipinski definition) is 5. The number of ether oxygens (including phenoxy) is 1. The Morgan fingerprint density at radius 2 is 2.14 bits per heavy atom. The SMILES string of the molecule is CCOC(=O)c1nnn2c1ccc1c(CC=O)cccc12. The van der Waals surface area contributed by atoms with Gasteiger partial charge in [0.05, 0.1) is 12.1 Å². The van der Waals surface area contributed by atoms with Gasteiger partial charge in [0.15, 0.2) is 5.69 Å². The van der Waals surface area contributed by atoms with Crippen LogP contribution in [0, 0.1) is 0 Å². The van der Waals surface area contributed by atoms with Gasteiger partial charge in [-0.2, -0.15) is 0 Å². The maximum atomic E-state index is 11.8. The highest BCUT2D eigenvalue weighted by atomic mass is 16.5. The van der Waals surface area contributed by atoms with Crippen molar-refractivity contribution in [3.05, 3.63) is 41.6 Å². The molecule has 0 aliphatic rings. The molecule has 3 aromatic rings. The van der Waals surface area contributed by atoms with Gasteiger partial charge < -0.3 is 9.53 Å². The number of hydrogen-bond donors (Lipinski definition) is 0. The normalized spacial score (nSPS) is 10.9. The second kappa shape index (κ2) is 5.32. The smallest absolute Gasteiger partial charge is 0.361 e. The second-order valence-electron chi connectivity index (χ2n) is 4.51. The van der Waals surface area contributed by atoms with Crippen LogP contribution >= 0.6 is 0 Å². The molecule has 6 heteroatoms. The number of aromatic nitrogens is 3. The summed E-state index contributed by atoms with van der Waals surface area (Å²) in [6.07, 6.45) is 1.20. The summed E-state index contributed by atoms with van der Waals surface area (Å²) in [4.78, 5) is 22.6. The van der Waals surface area contributed by atoms with Gasteiger partial charge in [-0.1, -0.05) is 23.4 Å². The molecule has 106 valence electrons. The van der Waals surface area contributed by atoms with Crippen molar-refractivity contribution in [3.8, 4) is 0 Å². The molecule has 1 aromatic carbocycles. The average Bonchev–Trinajstić information content (AvgIpc) is 2.92. The van der Waals surface area contributed by atoms with Crippen LogP contribution in [-0.2, 0) is 16.0 Å². The lowest BCUT2D eigenvalue weighted by atomic mass is 10.1. The summed E-state index contributed by atoms with van der Waals surface area (Å²) in [5.41, 5.74) is 2.50. The third-order valence-electron chi connectivity index (χ3n) is 3.29. The quantitative estimate of drug-likeness (QED) is 0.539. The molecule has 0 N–H and O–H groups in total. The van der Waals surface area contributed by atoms with Crippen molar-refractivity contribution < 1.29 is 14.3 Å². The van der Waals surface area contributed by atoms with Crippen molar-refractivity contribution in [2.75, 3.05) is 6.61 Å². The summed E-state index contributed by atoms with van der Waals surface area (Å²) < 4.78 is 6.56. The van der Waals surface area contributed by atoms with Crippen LogP contribution in [0.5, 0.6) is 0 Å². The van der Waals surface area contributed by atoms with E-state index in [2.05, 4.69) is 10.3 Å². The first-order valence-corrected chi connectivity index (χ1v) is 6.63. The van der Waals surface area contributed by atoms with Gasteiger partial charge in [0, 0.05) is 11.8 Å². The van der Waals surface area contributed by atoms with E-state index < -0.39 is 5.97 Å². The van der Waals surface area contributed by atoms with Gasteiger partial charge >= 0.3 is 5.97 Å². The standard InChI is InChI=1S/C15H13N3O3/c1-2-21-15(20)14-13-7-6-11-10(8-9-19)4-3-5-12(11)18(13)17-16-14/h3-7,9H,2,8H2,1H3. The first kappa shape index (κ1) is 13.2. The van der Waals surface area contributed by atoms with Gasteiger partial charge in [0.2, 0.25) is 0 Å². The van der Waals surface area contributed by atoms with Gasteiger partial charge in [-0.3, -0.25) is 0 Å². The molecule has 0 atom stereocenters. The topological polar surface area (TPSA) is 73.6 Å². The van der Waals surface area contributed by atoms with Crippen molar-refractivity contribution >= 4 is 28.7 Å². The minimum absolute atomic E-state index is 0.194. The molecular weight excluding hydrogens is 270 g/mol. The Morgan fingerprint density at radius 1 is 1.29 bits per heavy atom. The molecular formula is C15H13N3O3. The Morgan fingerprint density at radius 3 is 2.90 bits per heavy atom. The number of nitrogens with zero attached hydrogens (tertiary/aromatic N) is 3. The number of fused-ring (bicyclic) bond motifs is 3. The van der Waals surface area contributed by atoms with E-state index in [-0.39, 0.29) is 12.3 Å². The molecule has 0 saturated heterocycles. The van der Waals surface area contributed by atoms with E-state index in [4.69, 9.17) is 4.74 Å². The van der Waals surface area contributed by atoms with E-state index in [1.54, 1.807) is 17.5 Å². The summed E-state index contributed by atoms with van der Waals surface area (Å²) >= 11 is 0. The molecule has 21 heavy (non-hydrogen) atoms. The summed E-state index contributed by atoms with van der Waals surface area (Å²) in [5.74, 6) is -0.490. The van der Waals surface area contributed by atoms with Crippen LogP contribution in [0.1, 0.15) is 23.0 Å². The Kier molecular flexibility index (Phi) is 3.35. The number of pyridine rings is 1. The summed E-state index contributed by atoms with van der Waals surface area (Å²) in [6.45, 7) is 2.03. The molecule has 0 radical (unpaired) electrons. The highest BCUT2D eigenvalue weighted by Gasteiger charge is 2.17. The first-order valence-electron chi connectivity index (χ1n) is 6.63. The molecule has 0 aliphatic heterocycles. The van der Waals surface area contributed by atoms with Crippen molar-refractivity contribution in [2.45, 2.75) is 13.3 Å². The summed E-state index contributed by atoms with van der Waals surface area (Å²) in [7, 11) is 0. The van der Waals surface area contributed by atoms with Gasteiger partial charge in [-0.15, -0.1) is 5.10 Å². The third kappa shape index (κ3) is 2.14. The zero-order valence-electron chi connectivity index (χ0n) is 11.4. The van der Waals surface area contributed by atoms with Crippen LogP contribution in [-0.4, -0.2) is 33.7 Å². The highest BCUT2D eigenvalue weighted by Crippen LogP contribution is 2.22. The molecule has 2 heterocycles. The maximum absolute atomic E-state index is 11.8. The molecule has 0 amide bonds. The Labute approximate surface area is 120 Å². The fourth-order valence-corrected chi connectivity index (χ4v) is 2.37. The van der Waals surface area contributed by atoms with Gasteiger partial charge in [0.1, 0.15) is 11.8 Å². The van der Waals surface area contributed by atoms with Crippen LogP contribution in [0.4, 0.5) is 0 Å². The van der Waals surface area contributed by atoms with Crippen LogP contribution in [0.25, 0.3) is 16.4 Å². The van der Waals surface area contributed by atoms with Crippen LogP contribution in [0.3, 0.4) is 0 Å². The lowest BCUT2D eigenvalue weighted by Gasteiger charge is -2.05. The largest absolute Gasteiger partial charge is 0.461 e. The van der Waals surface area contributed by atoms with Crippen LogP contribution in [0.2, 0.25) is 0 Å². The fourth-order valence-electron chi connectivity index (χ4n) is 2.37. The first-order chi connectivity index (χ1) is 10.3. The molecule has 0 saturated carbocycles. The molecule has 6 nitrogen and oxygen atoms in total. The van der Waals surface area contributed by atoms with E-state index in [1.807, 2.05) is 24.3 Å². The Hall–Kier alpha value is -2.76. The monoisotopic (exact) mass is 283 g/mol. The second-order valence-corrected chi connectivity index (χ2v) is 4.51.